The number of carbonyl (C=O) groups is 2. The number of rotatable bonds is 4. The molecule has 0 amide bonds. The van der Waals surface area contributed by atoms with E-state index in [1.807, 2.05) is 0 Å². The fraction of sp³-hybridized carbons (Fsp3) is 0.667. The van der Waals surface area contributed by atoms with Crippen LogP contribution in [0.1, 0.15) is 19.8 Å². The summed E-state index contributed by atoms with van der Waals surface area (Å²) in [4.78, 5) is 20.3. The Kier molecular flexibility index (Phi) is 6.99. The maximum atomic E-state index is 10.2. The average molecular weight is 183 g/mol. The Morgan fingerprint density at radius 2 is 1.64 bits per heavy atom. The fourth-order valence-corrected chi connectivity index (χ4v) is 0.641. The summed E-state index contributed by atoms with van der Waals surface area (Å²) in [7, 11) is 0. The minimum atomic E-state index is -1.26. The summed E-state index contributed by atoms with van der Waals surface area (Å²) in [6.07, 6.45) is 0.772. The molecule has 0 aromatic rings. The molecule has 0 aliphatic carbocycles. The molecule has 0 unspecified atom stereocenters. The molecule has 2 N–H and O–H groups in total. The molecule has 0 radical (unpaired) electrons. The Morgan fingerprint density at radius 3 is 1.73 bits per heavy atom. The van der Waals surface area contributed by atoms with E-state index in [1.54, 1.807) is 6.92 Å². The first kappa shape index (κ1) is 12.9. The summed E-state index contributed by atoms with van der Waals surface area (Å²) in [5.74, 6) is -3.74. The molecule has 0 bridgehead atoms. The van der Waals surface area contributed by atoms with Crippen LogP contribution in [0.4, 0.5) is 0 Å². The molecule has 0 saturated heterocycles. The maximum Gasteiger partial charge on any atom is 0.317 e. The van der Waals surface area contributed by atoms with Crippen molar-refractivity contribution in [2.24, 2.45) is 5.92 Å². The molecule has 0 aromatic carbocycles. The summed E-state index contributed by atoms with van der Waals surface area (Å²) in [5.41, 5.74) is 0. The molecule has 11 heavy (non-hydrogen) atoms. The predicted molar refractivity (Wildman–Crippen MR) is 40.9 cm³/mol. The second-order valence-corrected chi connectivity index (χ2v) is 2.02. The van der Waals surface area contributed by atoms with Gasteiger partial charge in [0.15, 0.2) is 5.92 Å². The van der Waals surface area contributed by atoms with Crippen molar-refractivity contribution in [2.45, 2.75) is 19.8 Å². The minimum Gasteiger partial charge on any atom is -0.481 e. The number of hydrogen-bond acceptors (Lipinski definition) is 2. The molecule has 0 aromatic heterocycles. The van der Waals surface area contributed by atoms with Gasteiger partial charge in [-0.1, -0.05) is 13.3 Å². The van der Waals surface area contributed by atoms with E-state index in [-0.39, 0.29) is 18.8 Å². The van der Waals surface area contributed by atoms with E-state index in [9.17, 15) is 9.59 Å². The van der Waals surface area contributed by atoms with Crippen LogP contribution >= 0.6 is 12.4 Å². The van der Waals surface area contributed by atoms with Gasteiger partial charge < -0.3 is 10.2 Å². The monoisotopic (exact) mass is 182 g/mol. The molecule has 0 saturated carbocycles. The molecule has 0 rings (SSSR count). The van der Waals surface area contributed by atoms with Gasteiger partial charge in [0.1, 0.15) is 0 Å². The topological polar surface area (TPSA) is 74.6 Å². The van der Waals surface area contributed by atoms with E-state index in [2.05, 4.69) is 0 Å². The van der Waals surface area contributed by atoms with Crippen molar-refractivity contribution in [3.63, 3.8) is 0 Å². The Morgan fingerprint density at radius 1 is 1.27 bits per heavy atom. The van der Waals surface area contributed by atoms with E-state index < -0.39 is 17.9 Å². The highest BCUT2D eigenvalue weighted by Crippen LogP contribution is 2.05. The van der Waals surface area contributed by atoms with Crippen LogP contribution in [0.2, 0.25) is 0 Å². The van der Waals surface area contributed by atoms with Crippen LogP contribution in [0.5, 0.6) is 0 Å². The number of carboxylic acids is 2. The highest BCUT2D eigenvalue weighted by Gasteiger charge is 2.23. The van der Waals surface area contributed by atoms with Gasteiger partial charge in [0.2, 0.25) is 0 Å². The van der Waals surface area contributed by atoms with Gasteiger partial charge in [-0.25, -0.2) is 0 Å². The highest BCUT2D eigenvalue weighted by atomic mass is 35.5. The van der Waals surface area contributed by atoms with Crippen LogP contribution in [0.25, 0.3) is 0 Å². The molecular weight excluding hydrogens is 172 g/mol. The van der Waals surface area contributed by atoms with Gasteiger partial charge in [-0.3, -0.25) is 9.59 Å². The molecule has 4 nitrogen and oxygen atoms in total. The lowest BCUT2D eigenvalue weighted by Gasteiger charge is -2.02. The van der Waals surface area contributed by atoms with Gasteiger partial charge >= 0.3 is 11.9 Å². The van der Waals surface area contributed by atoms with Crippen molar-refractivity contribution in [3.05, 3.63) is 0 Å². The van der Waals surface area contributed by atoms with E-state index in [0.717, 1.165) is 0 Å². The number of carboxylic acid groups (broad SMARTS) is 2. The first-order chi connectivity index (χ1) is 4.59. The highest BCUT2D eigenvalue weighted by molar-refractivity contribution is 5.92. The summed E-state index contributed by atoms with van der Waals surface area (Å²) in [5, 5.41) is 16.6. The van der Waals surface area contributed by atoms with Crippen LogP contribution in [-0.4, -0.2) is 22.2 Å². The quantitative estimate of drug-likeness (QED) is 0.636. The van der Waals surface area contributed by atoms with Crippen LogP contribution in [0.3, 0.4) is 0 Å². The van der Waals surface area contributed by atoms with Crippen molar-refractivity contribution >= 4 is 24.3 Å². The minimum absolute atomic E-state index is 0. The van der Waals surface area contributed by atoms with Crippen LogP contribution in [0, 0.1) is 5.92 Å². The molecule has 0 fully saturated rings. The van der Waals surface area contributed by atoms with Crippen molar-refractivity contribution in [1.29, 1.82) is 0 Å². The lowest BCUT2D eigenvalue weighted by atomic mass is 10.1. The fourth-order valence-electron chi connectivity index (χ4n) is 0.641. The van der Waals surface area contributed by atoms with E-state index in [1.165, 1.54) is 0 Å². The zero-order valence-corrected chi connectivity index (χ0v) is 6.93. The summed E-state index contributed by atoms with van der Waals surface area (Å²) in [6.45, 7) is 1.75. The molecule has 0 atom stereocenters. The van der Waals surface area contributed by atoms with Crippen molar-refractivity contribution < 1.29 is 19.8 Å². The average Bonchev–Trinajstić information content (AvgIpc) is 1.81. The Bertz CT molecular complexity index is 132. The molecule has 0 aliphatic rings. The summed E-state index contributed by atoms with van der Waals surface area (Å²) < 4.78 is 0. The third kappa shape index (κ3) is 4.61. The third-order valence-electron chi connectivity index (χ3n) is 1.17. The summed E-state index contributed by atoms with van der Waals surface area (Å²) >= 11 is 0. The van der Waals surface area contributed by atoms with E-state index >= 15 is 0 Å². The number of aliphatic carboxylic acids is 2. The molecule has 0 heterocycles. The van der Waals surface area contributed by atoms with Gasteiger partial charge in [0.05, 0.1) is 0 Å². The predicted octanol–water partition coefficient (Wildman–Crippen LogP) is 0.994. The van der Waals surface area contributed by atoms with Crippen molar-refractivity contribution in [2.75, 3.05) is 0 Å². The van der Waals surface area contributed by atoms with E-state index in [4.69, 9.17) is 10.2 Å². The smallest absolute Gasteiger partial charge is 0.317 e. The van der Waals surface area contributed by atoms with Gasteiger partial charge in [-0.2, -0.15) is 0 Å². The van der Waals surface area contributed by atoms with Crippen LogP contribution in [0.15, 0.2) is 0 Å². The first-order valence-electron chi connectivity index (χ1n) is 3.05. The zero-order chi connectivity index (χ0) is 8.15. The lowest BCUT2D eigenvalue weighted by molar-refractivity contribution is -0.154. The van der Waals surface area contributed by atoms with Crippen molar-refractivity contribution in [1.82, 2.24) is 0 Å². The lowest BCUT2D eigenvalue weighted by Crippen LogP contribution is -2.22. The molecule has 0 aliphatic heterocycles. The standard InChI is InChI=1S/C6H10O4.ClH/c1-2-3-4(5(7)8)6(9)10;/h4H,2-3H2,1H3,(H,7,8)(H,9,10);1H. The number of hydrogen-bond donors (Lipinski definition) is 2. The van der Waals surface area contributed by atoms with Gasteiger partial charge in [-0.15, -0.1) is 12.4 Å². The molecular formula is C6H11ClO4. The van der Waals surface area contributed by atoms with Gasteiger partial charge in [0.25, 0.3) is 0 Å². The Labute approximate surface area is 70.6 Å². The first-order valence-corrected chi connectivity index (χ1v) is 3.05. The molecule has 5 heteroatoms. The van der Waals surface area contributed by atoms with Crippen LogP contribution in [-0.2, 0) is 9.59 Å². The second-order valence-electron chi connectivity index (χ2n) is 2.02. The SMILES string of the molecule is CCCC(C(=O)O)C(=O)O.Cl. The van der Waals surface area contributed by atoms with Gasteiger partial charge in [-0.05, 0) is 6.42 Å². The van der Waals surface area contributed by atoms with Crippen LogP contribution < -0.4 is 0 Å². The largest absolute Gasteiger partial charge is 0.481 e. The zero-order valence-electron chi connectivity index (χ0n) is 6.11. The Balaban J connectivity index is 0. The van der Waals surface area contributed by atoms with Crippen molar-refractivity contribution in [3.8, 4) is 0 Å². The molecule has 66 valence electrons. The Hall–Kier alpha value is -0.770. The van der Waals surface area contributed by atoms with Gasteiger partial charge in [0, 0.05) is 0 Å². The maximum absolute atomic E-state index is 10.2. The summed E-state index contributed by atoms with van der Waals surface area (Å²) in [6, 6.07) is 0. The normalized spacial score (nSPS) is 8.91. The van der Waals surface area contributed by atoms with E-state index in [0.29, 0.717) is 6.42 Å². The number of halogens is 1. The second kappa shape index (κ2) is 5.97. The molecule has 0 spiro atoms. The third-order valence-corrected chi connectivity index (χ3v) is 1.17.